The van der Waals surface area contributed by atoms with Crippen molar-refractivity contribution in [2.75, 3.05) is 32.1 Å². The second-order valence-electron chi connectivity index (χ2n) is 7.53. The summed E-state index contributed by atoms with van der Waals surface area (Å²) in [7, 11) is 1.61. The number of aromatic amines is 1. The molecule has 0 aliphatic carbocycles. The van der Waals surface area contributed by atoms with Crippen LogP contribution in [0, 0.1) is 4.77 Å². The quantitative estimate of drug-likeness (QED) is 0.628. The number of anilines is 1. The minimum absolute atomic E-state index is 0.152. The van der Waals surface area contributed by atoms with Gasteiger partial charge in [-0.2, -0.15) is 5.10 Å². The second kappa shape index (κ2) is 9.63. The molecule has 2 heterocycles. The van der Waals surface area contributed by atoms with Crippen molar-refractivity contribution in [3.8, 4) is 5.75 Å². The maximum atomic E-state index is 12.6. The number of likely N-dealkylation sites (tertiary alicyclic amines) is 1. The molecule has 3 rings (SSSR count). The number of benzene rings is 1. The van der Waals surface area contributed by atoms with Crippen LogP contribution in [0.3, 0.4) is 0 Å². The van der Waals surface area contributed by atoms with Crippen LogP contribution in [-0.4, -0.2) is 52.3 Å². The molecule has 1 aromatic carbocycles. The lowest BCUT2D eigenvalue weighted by molar-refractivity contribution is -0.132. The number of hydrogen-bond donors (Lipinski definition) is 2. The minimum atomic E-state index is 0.152. The average Bonchev–Trinajstić information content (AvgIpc) is 3.10. The number of carbonyl (C=O) groups is 1. The van der Waals surface area contributed by atoms with Crippen molar-refractivity contribution < 1.29 is 9.53 Å². The van der Waals surface area contributed by atoms with E-state index < -0.39 is 0 Å². The summed E-state index contributed by atoms with van der Waals surface area (Å²) < 4.78 is 8.07. The highest BCUT2D eigenvalue weighted by Crippen LogP contribution is 2.29. The third-order valence-corrected chi connectivity index (χ3v) is 5.80. The van der Waals surface area contributed by atoms with Gasteiger partial charge >= 0.3 is 0 Å². The van der Waals surface area contributed by atoms with Crippen molar-refractivity contribution in [3.05, 3.63) is 33.8 Å². The van der Waals surface area contributed by atoms with Crippen molar-refractivity contribution in [1.82, 2.24) is 19.7 Å². The van der Waals surface area contributed by atoms with E-state index in [0.717, 1.165) is 37.4 Å². The molecule has 2 N–H and O–H groups in total. The van der Waals surface area contributed by atoms with Gasteiger partial charge in [-0.1, -0.05) is 11.6 Å². The lowest BCUT2D eigenvalue weighted by Crippen LogP contribution is -2.39. The number of halogens is 1. The summed E-state index contributed by atoms with van der Waals surface area (Å²) in [5, 5.41) is 11.2. The molecule has 1 aliphatic heterocycles. The van der Waals surface area contributed by atoms with E-state index in [4.69, 9.17) is 28.6 Å². The fraction of sp³-hybridized carbons (Fsp3) is 0.550. The molecule has 0 atom stereocenters. The first-order chi connectivity index (χ1) is 13.9. The van der Waals surface area contributed by atoms with Gasteiger partial charge < -0.3 is 19.5 Å². The van der Waals surface area contributed by atoms with E-state index in [1.807, 2.05) is 11.0 Å². The monoisotopic (exact) mass is 437 g/mol. The molecule has 158 valence electrons. The standard InChI is InChI=1S/C20H28ClN5O2S/c1-13(2)26-19(23-24-20(26)29)14-7-10-25(11-8-14)18(27)6-9-22-16-12-15(21)4-5-17(16)28-3/h4-5,12-14,22H,6-11H2,1-3H3,(H,24,29). The van der Waals surface area contributed by atoms with E-state index in [1.54, 1.807) is 19.2 Å². The first-order valence-corrected chi connectivity index (χ1v) is 10.7. The summed E-state index contributed by atoms with van der Waals surface area (Å²) in [5.41, 5.74) is 0.794. The smallest absolute Gasteiger partial charge is 0.224 e. The molecule has 0 spiro atoms. The SMILES string of the molecule is COc1ccc(Cl)cc1NCCC(=O)N1CCC(c2n[nH]c(=S)n2C(C)C)CC1. The molecule has 1 aliphatic rings. The van der Waals surface area contributed by atoms with E-state index in [9.17, 15) is 4.79 Å². The third kappa shape index (κ3) is 5.11. The first kappa shape index (κ1) is 21.6. The second-order valence-corrected chi connectivity index (χ2v) is 8.35. The minimum Gasteiger partial charge on any atom is -0.495 e. The summed E-state index contributed by atoms with van der Waals surface area (Å²) in [6.45, 7) is 6.22. The molecule has 0 saturated carbocycles. The molecule has 1 saturated heterocycles. The molecule has 0 radical (unpaired) electrons. The highest BCUT2D eigenvalue weighted by Gasteiger charge is 2.27. The van der Waals surface area contributed by atoms with Crippen molar-refractivity contribution in [2.45, 2.75) is 45.1 Å². The zero-order chi connectivity index (χ0) is 21.0. The Hall–Kier alpha value is -2.06. The lowest BCUT2D eigenvalue weighted by Gasteiger charge is -2.32. The number of amides is 1. The highest BCUT2D eigenvalue weighted by molar-refractivity contribution is 7.71. The fourth-order valence-corrected chi connectivity index (χ4v) is 4.29. The van der Waals surface area contributed by atoms with E-state index in [2.05, 4.69) is 33.9 Å². The number of hydrogen-bond acceptors (Lipinski definition) is 5. The Balaban J connectivity index is 1.51. The van der Waals surface area contributed by atoms with Gasteiger partial charge in [0.25, 0.3) is 0 Å². The molecular formula is C20H28ClN5O2S. The average molecular weight is 438 g/mol. The Labute approximate surface area is 181 Å². The Morgan fingerprint density at radius 3 is 2.79 bits per heavy atom. The number of methoxy groups -OCH3 is 1. The predicted octanol–water partition coefficient (Wildman–Crippen LogP) is 4.39. The summed E-state index contributed by atoms with van der Waals surface area (Å²) in [6, 6.07) is 5.66. The summed E-state index contributed by atoms with van der Waals surface area (Å²) >= 11 is 11.4. The van der Waals surface area contributed by atoms with Crippen LogP contribution in [0.1, 0.15) is 50.9 Å². The highest BCUT2D eigenvalue weighted by atomic mass is 35.5. The van der Waals surface area contributed by atoms with Crippen LogP contribution < -0.4 is 10.1 Å². The number of piperidine rings is 1. The summed E-state index contributed by atoms with van der Waals surface area (Å²) in [4.78, 5) is 14.6. The van der Waals surface area contributed by atoms with Gasteiger partial charge in [-0.3, -0.25) is 9.89 Å². The van der Waals surface area contributed by atoms with Gasteiger partial charge in [0.2, 0.25) is 5.91 Å². The zero-order valence-corrected chi connectivity index (χ0v) is 18.6. The van der Waals surface area contributed by atoms with Gasteiger partial charge in [0.1, 0.15) is 11.6 Å². The van der Waals surface area contributed by atoms with E-state index in [1.165, 1.54) is 0 Å². The molecule has 1 amide bonds. The molecule has 2 aromatic rings. The number of aromatic nitrogens is 3. The van der Waals surface area contributed by atoms with Gasteiger partial charge in [-0.05, 0) is 57.1 Å². The van der Waals surface area contributed by atoms with E-state index in [0.29, 0.717) is 34.4 Å². The molecule has 0 unspecified atom stereocenters. The molecule has 1 fully saturated rings. The van der Waals surface area contributed by atoms with Crippen molar-refractivity contribution in [2.24, 2.45) is 0 Å². The fourth-order valence-electron chi connectivity index (χ4n) is 3.77. The Kier molecular flexibility index (Phi) is 7.18. The van der Waals surface area contributed by atoms with Gasteiger partial charge in [0, 0.05) is 43.0 Å². The van der Waals surface area contributed by atoms with Crippen LogP contribution in [0.15, 0.2) is 18.2 Å². The topological polar surface area (TPSA) is 75.2 Å². The van der Waals surface area contributed by atoms with Crippen LogP contribution in [0.2, 0.25) is 5.02 Å². The predicted molar refractivity (Wildman–Crippen MR) is 117 cm³/mol. The van der Waals surface area contributed by atoms with Crippen LogP contribution in [0.25, 0.3) is 0 Å². The van der Waals surface area contributed by atoms with Gasteiger partial charge in [0.15, 0.2) is 4.77 Å². The van der Waals surface area contributed by atoms with Crippen LogP contribution in [0.4, 0.5) is 5.69 Å². The van der Waals surface area contributed by atoms with Gasteiger partial charge in [-0.15, -0.1) is 0 Å². The molecule has 1 aromatic heterocycles. The number of rotatable bonds is 7. The number of H-pyrrole nitrogens is 1. The van der Waals surface area contributed by atoms with Crippen molar-refractivity contribution in [1.29, 1.82) is 0 Å². The molecular weight excluding hydrogens is 410 g/mol. The van der Waals surface area contributed by atoms with Gasteiger partial charge in [0.05, 0.1) is 12.8 Å². The lowest BCUT2D eigenvalue weighted by atomic mass is 9.95. The molecule has 7 nitrogen and oxygen atoms in total. The maximum Gasteiger partial charge on any atom is 0.224 e. The number of nitrogens with zero attached hydrogens (tertiary/aromatic N) is 3. The van der Waals surface area contributed by atoms with E-state index in [-0.39, 0.29) is 11.9 Å². The Morgan fingerprint density at radius 2 is 2.14 bits per heavy atom. The summed E-state index contributed by atoms with van der Waals surface area (Å²) in [6.07, 6.45) is 2.21. The van der Waals surface area contributed by atoms with E-state index >= 15 is 0 Å². The van der Waals surface area contributed by atoms with Crippen LogP contribution in [-0.2, 0) is 4.79 Å². The number of carbonyl (C=O) groups excluding carboxylic acids is 1. The molecule has 9 heteroatoms. The third-order valence-electron chi connectivity index (χ3n) is 5.28. The normalized spacial score (nSPS) is 15.0. The Morgan fingerprint density at radius 1 is 1.41 bits per heavy atom. The van der Waals surface area contributed by atoms with Crippen LogP contribution >= 0.6 is 23.8 Å². The molecule has 29 heavy (non-hydrogen) atoms. The number of ether oxygens (including phenoxy) is 1. The first-order valence-electron chi connectivity index (χ1n) is 9.92. The summed E-state index contributed by atoms with van der Waals surface area (Å²) in [5.74, 6) is 2.19. The Bertz CT molecular complexity index is 903. The van der Waals surface area contributed by atoms with Crippen molar-refractivity contribution in [3.63, 3.8) is 0 Å². The zero-order valence-electron chi connectivity index (χ0n) is 17.1. The maximum absolute atomic E-state index is 12.6. The molecule has 0 bridgehead atoms. The van der Waals surface area contributed by atoms with Crippen LogP contribution in [0.5, 0.6) is 5.75 Å². The van der Waals surface area contributed by atoms with Gasteiger partial charge in [-0.25, -0.2) is 0 Å². The van der Waals surface area contributed by atoms with Crippen molar-refractivity contribution >= 4 is 35.4 Å². The largest absolute Gasteiger partial charge is 0.495 e. The number of nitrogens with one attached hydrogen (secondary N) is 2.